The summed E-state index contributed by atoms with van der Waals surface area (Å²) < 4.78 is 3.64. The van der Waals surface area contributed by atoms with Crippen LogP contribution in [0.1, 0.15) is 12.5 Å². The third kappa shape index (κ3) is 3.09. The van der Waals surface area contributed by atoms with Crippen molar-refractivity contribution in [1.29, 1.82) is 5.26 Å². The summed E-state index contributed by atoms with van der Waals surface area (Å²) in [5, 5.41) is 13.1. The standard InChI is InChI=1S/C21H21N7/c1-4-15-9-16(17-11-25-28(13-17)8-7-22)5-6-19(15)27(3)21-10-20-18(12-23-21)24-14-26(20)2/h5-6,9-14H,4,8H2,1-3H3. The van der Waals surface area contributed by atoms with Gasteiger partial charge in [0.25, 0.3) is 0 Å². The molecule has 28 heavy (non-hydrogen) atoms. The second kappa shape index (κ2) is 7.16. The fourth-order valence-electron chi connectivity index (χ4n) is 3.37. The maximum absolute atomic E-state index is 8.83. The highest BCUT2D eigenvalue weighted by Crippen LogP contribution is 2.31. The SMILES string of the molecule is CCc1cc(-c2cnn(CC#N)c2)ccc1N(C)c1cc2c(cn1)ncn2C. The van der Waals surface area contributed by atoms with E-state index >= 15 is 0 Å². The van der Waals surface area contributed by atoms with Gasteiger partial charge in [0, 0.05) is 37.6 Å². The Morgan fingerprint density at radius 2 is 2.00 bits per heavy atom. The van der Waals surface area contributed by atoms with Crippen LogP contribution in [0.4, 0.5) is 11.5 Å². The van der Waals surface area contributed by atoms with Crippen LogP contribution in [-0.4, -0.2) is 31.4 Å². The second-order valence-electron chi connectivity index (χ2n) is 6.73. The molecular formula is C21H21N7. The molecule has 7 nitrogen and oxygen atoms in total. The van der Waals surface area contributed by atoms with Crippen molar-refractivity contribution in [3.8, 4) is 17.2 Å². The molecule has 1 aromatic carbocycles. The number of benzene rings is 1. The molecule has 7 heteroatoms. The molecule has 3 aromatic heterocycles. The molecule has 0 N–H and O–H groups in total. The van der Waals surface area contributed by atoms with Gasteiger partial charge in [-0.25, -0.2) is 9.97 Å². The Balaban J connectivity index is 1.70. The molecule has 0 aliphatic heterocycles. The lowest BCUT2D eigenvalue weighted by atomic mass is 10.0. The molecule has 0 aliphatic carbocycles. The normalized spacial score (nSPS) is 10.9. The van der Waals surface area contributed by atoms with E-state index in [9.17, 15) is 0 Å². The maximum Gasteiger partial charge on any atom is 0.134 e. The third-order valence-corrected chi connectivity index (χ3v) is 4.96. The molecule has 0 aliphatic rings. The third-order valence-electron chi connectivity index (χ3n) is 4.96. The van der Waals surface area contributed by atoms with E-state index in [0.717, 1.165) is 40.1 Å². The zero-order valence-corrected chi connectivity index (χ0v) is 16.2. The Hall–Kier alpha value is -3.66. The van der Waals surface area contributed by atoms with Crippen molar-refractivity contribution < 1.29 is 0 Å². The number of aryl methyl sites for hydroxylation is 2. The van der Waals surface area contributed by atoms with Crippen LogP contribution in [0.15, 0.2) is 49.2 Å². The number of nitriles is 1. The van der Waals surface area contributed by atoms with Crippen molar-refractivity contribution >= 4 is 22.5 Å². The number of fused-ring (bicyclic) bond motifs is 1. The molecule has 4 rings (SSSR count). The first-order chi connectivity index (χ1) is 13.6. The van der Waals surface area contributed by atoms with Crippen molar-refractivity contribution in [1.82, 2.24) is 24.3 Å². The van der Waals surface area contributed by atoms with Gasteiger partial charge in [-0.15, -0.1) is 0 Å². The van der Waals surface area contributed by atoms with Crippen LogP contribution >= 0.6 is 0 Å². The molecule has 0 saturated heterocycles. The van der Waals surface area contributed by atoms with Crippen molar-refractivity contribution in [3.05, 3.63) is 54.7 Å². The summed E-state index contributed by atoms with van der Waals surface area (Å²) in [6.07, 6.45) is 8.21. The Bertz CT molecular complexity index is 1180. The van der Waals surface area contributed by atoms with Gasteiger partial charge in [0.1, 0.15) is 17.9 Å². The van der Waals surface area contributed by atoms with Crippen LogP contribution in [0.25, 0.3) is 22.2 Å². The first kappa shape index (κ1) is 17.7. The van der Waals surface area contributed by atoms with Crippen LogP contribution < -0.4 is 4.90 Å². The van der Waals surface area contributed by atoms with Crippen molar-refractivity contribution in [2.24, 2.45) is 7.05 Å². The molecule has 3 heterocycles. The van der Waals surface area contributed by atoms with Gasteiger partial charge in [-0.1, -0.05) is 13.0 Å². The molecular weight excluding hydrogens is 350 g/mol. The molecule has 0 unspecified atom stereocenters. The number of pyridine rings is 1. The number of imidazole rings is 1. The van der Waals surface area contributed by atoms with E-state index in [2.05, 4.69) is 57.2 Å². The minimum absolute atomic E-state index is 0.254. The minimum atomic E-state index is 0.254. The van der Waals surface area contributed by atoms with Gasteiger partial charge in [-0.3, -0.25) is 4.68 Å². The van der Waals surface area contributed by atoms with E-state index in [-0.39, 0.29) is 6.54 Å². The summed E-state index contributed by atoms with van der Waals surface area (Å²) in [6, 6.07) is 10.5. The highest BCUT2D eigenvalue weighted by molar-refractivity contribution is 5.79. The number of nitrogens with zero attached hydrogens (tertiary/aromatic N) is 7. The second-order valence-corrected chi connectivity index (χ2v) is 6.73. The Labute approximate surface area is 163 Å². The van der Waals surface area contributed by atoms with Gasteiger partial charge in [0.15, 0.2) is 0 Å². The molecule has 0 saturated carbocycles. The largest absolute Gasteiger partial charge is 0.334 e. The Kier molecular flexibility index (Phi) is 4.53. The zero-order valence-electron chi connectivity index (χ0n) is 16.2. The highest BCUT2D eigenvalue weighted by atomic mass is 15.3. The number of anilines is 2. The van der Waals surface area contributed by atoms with Gasteiger partial charge < -0.3 is 9.47 Å². The van der Waals surface area contributed by atoms with Crippen LogP contribution in [0.3, 0.4) is 0 Å². The topological polar surface area (TPSA) is 75.6 Å². The number of rotatable bonds is 5. The first-order valence-corrected chi connectivity index (χ1v) is 9.14. The zero-order chi connectivity index (χ0) is 19.7. The van der Waals surface area contributed by atoms with Crippen LogP contribution in [0.2, 0.25) is 0 Å². The number of aromatic nitrogens is 5. The number of hydrogen-bond acceptors (Lipinski definition) is 5. The molecule has 0 spiro atoms. The molecule has 4 aromatic rings. The number of hydrogen-bond donors (Lipinski definition) is 0. The lowest BCUT2D eigenvalue weighted by Crippen LogP contribution is -2.13. The molecule has 0 fully saturated rings. The van der Waals surface area contributed by atoms with Gasteiger partial charge >= 0.3 is 0 Å². The van der Waals surface area contributed by atoms with Crippen LogP contribution in [0, 0.1) is 11.3 Å². The van der Waals surface area contributed by atoms with Gasteiger partial charge in [-0.05, 0) is 29.7 Å². The highest BCUT2D eigenvalue weighted by Gasteiger charge is 2.13. The molecule has 0 bridgehead atoms. The summed E-state index contributed by atoms with van der Waals surface area (Å²) in [5.74, 6) is 0.875. The van der Waals surface area contributed by atoms with Gasteiger partial charge in [-0.2, -0.15) is 10.4 Å². The van der Waals surface area contributed by atoms with Gasteiger partial charge in [0.05, 0.1) is 30.3 Å². The van der Waals surface area contributed by atoms with E-state index in [0.29, 0.717) is 0 Å². The summed E-state index contributed by atoms with van der Waals surface area (Å²) in [7, 11) is 4.02. The summed E-state index contributed by atoms with van der Waals surface area (Å²) in [5.41, 5.74) is 6.38. The monoisotopic (exact) mass is 371 g/mol. The lowest BCUT2D eigenvalue weighted by molar-refractivity contribution is 0.710. The summed E-state index contributed by atoms with van der Waals surface area (Å²) >= 11 is 0. The molecule has 0 amide bonds. The lowest BCUT2D eigenvalue weighted by Gasteiger charge is -2.22. The van der Waals surface area contributed by atoms with Gasteiger partial charge in [0.2, 0.25) is 0 Å². The van der Waals surface area contributed by atoms with Crippen molar-refractivity contribution in [2.45, 2.75) is 19.9 Å². The predicted molar refractivity (Wildman–Crippen MR) is 109 cm³/mol. The van der Waals surface area contributed by atoms with E-state index in [1.54, 1.807) is 17.2 Å². The summed E-state index contributed by atoms with van der Waals surface area (Å²) in [6.45, 7) is 2.40. The Morgan fingerprint density at radius 3 is 2.79 bits per heavy atom. The van der Waals surface area contributed by atoms with Crippen molar-refractivity contribution in [2.75, 3.05) is 11.9 Å². The van der Waals surface area contributed by atoms with E-state index in [1.165, 1.54) is 5.56 Å². The smallest absolute Gasteiger partial charge is 0.134 e. The van der Waals surface area contributed by atoms with Crippen molar-refractivity contribution in [3.63, 3.8) is 0 Å². The molecule has 0 atom stereocenters. The quantitative estimate of drug-likeness (QED) is 0.535. The molecule has 140 valence electrons. The van der Waals surface area contributed by atoms with Crippen LogP contribution in [0.5, 0.6) is 0 Å². The fourth-order valence-corrected chi connectivity index (χ4v) is 3.37. The minimum Gasteiger partial charge on any atom is -0.334 e. The average molecular weight is 371 g/mol. The Morgan fingerprint density at radius 1 is 1.14 bits per heavy atom. The molecule has 0 radical (unpaired) electrons. The van der Waals surface area contributed by atoms with E-state index < -0.39 is 0 Å². The fraction of sp³-hybridized carbons (Fsp3) is 0.238. The van der Waals surface area contributed by atoms with E-state index in [4.69, 9.17) is 5.26 Å². The first-order valence-electron chi connectivity index (χ1n) is 9.14. The maximum atomic E-state index is 8.83. The van der Waals surface area contributed by atoms with Crippen LogP contribution in [-0.2, 0) is 20.0 Å². The predicted octanol–water partition coefficient (Wildman–Crippen LogP) is 3.69. The van der Waals surface area contributed by atoms with E-state index in [1.807, 2.05) is 31.1 Å². The summed E-state index contributed by atoms with van der Waals surface area (Å²) in [4.78, 5) is 11.0. The average Bonchev–Trinajstić information content (AvgIpc) is 3.34.